The fourth-order valence-corrected chi connectivity index (χ4v) is 4.06. The normalized spacial score (nSPS) is 20.5. The molecule has 28 heavy (non-hydrogen) atoms. The summed E-state index contributed by atoms with van der Waals surface area (Å²) in [4.78, 5) is 30.0. The molecule has 0 radical (unpaired) electrons. The Bertz CT molecular complexity index is 719. The summed E-state index contributed by atoms with van der Waals surface area (Å²) < 4.78 is 19.4. The lowest BCUT2D eigenvalue weighted by molar-refractivity contribution is -0.119. The minimum absolute atomic E-state index is 0.318. The highest BCUT2D eigenvalue weighted by Gasteiger charge is 2.34. The van der Waals surface area contributed by atoms with Crippen LogP contribution >= 0.6 is 0 Å². The lowest BCUT2D eigenvalue weighted by Crippen LogP contribution is -2.43. The van der Waals surface area contributed by atoms with Gasteiger partial charge < -0.3 is 19.9 Å². The van der Waals surface area contributed by atoms with Gasteiger partial charge in [0.05, 0.1) is 12.8 Å². The number of carbonyl (C=O) groups is 2. The molecule has 0 saturated carbocycles. The van der Waals surface area contributed by atoms with Crippen LogP contribution in [0.2, 0.25) is 0 Å². The number of carbonyl (C=O) groups excluding carboxylic acids is 2. The van der Waals surface area contributed by atoms with Crippen LogP contribution in [0.15, 0.2) is 18.2 Å². The first-order valence-electron chi connectivity index (χ1n) is 9.77. The van der Waals surface area contributed by atoms with Crippen LogP contribution in [0.1, 0.15) is 25.7 Å². The van der Waals surface area contributed by atoms with Crippen LogP contribution in [0.5, 0.6) is 0 Å². The monoisotopic (exact) mass is 392 g/mol. The van der Waals surface area contributed by atoms with E-state index < -0.39 is 12.1 Å². The van der Waals surface area contributed by atoms with Crippen molar-refractivity contribution in [2.45, 2.75) is 37.8 Å². The van der Waals surface area contributed by atoms with Gasteiger partial charge in [-0.1, -0.05) is 0 Å². The van der Waals surface area contributed by atoms with Gasteiger partial charge in [0.2, 0.25) is 5.91 Å². The van der Waals surface area contributed by atoms with Crippen molar-refractivity contribution in [1.29, 1.82) is 0 Å². The number of amides is 2. The predicted molar refractivity (Wildman–Crippen MR) is 106 cm³/mol. The third-order valence-corrected chi connectivity index (χ3v) is 5.72. The van der Waals surface area contributed by atoms with Gasteiger partial charge in [0, 0.05) is 31.4 Å². The standard InChI is InChI=1S/C20H29FN4O3/c1-23(2)15-8-11-24(12-9-15)17-7-6-14(13-16(17)21)22-19(26)18-5-4-10-25(18)20(27)28-3/h6-7,13,15,18H,4-5,8-12H2,1-3H3,(H,22,26). The lowest BCUT2D eigenvalue weighted by atomic mass is 10.0. The first-order chi connectivity index (χ1) is 13.4. The maximum absolute atomic E-state index is 14.7. The van der Waals surface area contributed by atoms with Crippen LogP contribution in [0.3, 0.4) is 0 Å². The molecule has 8 heteroatoms. The molecule has 2 aliphatic heterocycles. The third kappa shape index (κ3) is 4.38. The SMILES string of the molecule is COC(=O)N1CCCC1C(=O)Nc1ccc(N2CCC(N(C)C)CC2)c(F)c1. The van der Waals surface area contributed by atoms with Gasteiger partial charge in [0.25, 0.3) is 0 Å². The molecule has 2 fully saturated rings. The number of methoxy groups -OCH3 is 1. The van der Waals surface area contributed by atoms with Crippen LogP contribution in [-0.4, -0.2) is 74.7 Å². The maximum atomic E-state index is 14.7. The van der Waals surface area contributed by atoms with Crippen LogP contribution in [0.25, 0.3) is 0 Å². The second-order valence-corrected chi connectivity index (χ2v) is 7.66. The molecule has 1 atom stereocenters. The molecule has 154 valence electrons. The molecule has 1 aromatic rings. The van der Waals surface area contributed by atoms with Crippen molar-refractivity contribution in [3.8, 4) is 0 Å². The van der Waals surface area contributed by atoms with Crippen molar-refractivity contribution >= 4 is 23.4 Å². The zero-order chi connectivity index (χ0) is 20.3. The number of rotatable bonds is 4. The average molecular weight is 392 g/mol. The summed E-state index contributed by atoms with van der Waals surface area (Å²) in [6.45, 7) is 2.10. The Morgan fingerprint density at radius 3 is 2.50 bits per heavy atom. The number of hydrogen-bond acceptors (Lipinski definition) is 5. The van der Waals surface area contributed by atoms with Crippen molar-refractivity contribution in [3.63, 3.8) is 0 Å². The molecular weight excluding hydrogens is 363 g/mol. The highest BCUT2D eigenvalue weighted by molar-refractivity contribution is 5.97. The number of likely N-dealkylation sites (tertiary alicyclic amines) is 1. The van der Waals surface area contributed by atoms with E-state index in [4.69, 9.17) is 4.74 Å². The minimum atomic E-state index is -0.583. The second-order valence-electron chi connectivity index (χ2n) is 7.66. The molecule has 3 rings (SSSR count). The van der Waals surface area contributed by atoms with Crippen molar-refractivity contribution in [2.75, 3.05) is 51.1 Å². The fraction of sp³-hybridized carbons (Fsp3) is 0.600. The number of piperidine rings is 1. The summed E-state index contributed by atoms with van der Waals surface area (Å²) in [7, 11) is 5.44. The number of halogens is 1. The quantitative estimate of drug-likeness (QED) is 0.853. The van der Waals surface area contributed by atoms with E-state index >= 15 is 0 Å². The Balaban J connectivity index is 1.63. The van der Waals surface area contributed by atoms with E-state index in [1.54, 1.807) is 12.1 Å². The molecule has 1 N–H and O–H groups in total. The summed E-state index contributed by atoms with van der Waals surface area (Å²) in [5, 5.41) is 2.73. The number of ether oxygens (including phenoxy) is 1. The molecule has 0 spiro atoms. The molecule has 0 aliphatic carbocycles. The molecule has 1 aromatic carbocycles. The van der Waals surface area contributed by atoms with Gasteiger partial charge in [-0.05, 0) is 58.0 Å². The van der Waals surface area contributed by atoms with E-state index in [9.17, 15) is 14.0 Å². The zero-order valence-electron chi connectivity index (χ0n) is 16.8. The summed E-state index contributed by atoms with van der Waals surface area (Å²) in [6, 6.07) is 4.73. The Morgan fingerprint density at radius 2 is 1.89 bits per heavy atom. The molecule has 1 unspecified atom stereocenters. The molecule has 7 nitrogen and oxygen atoms in total. The topological polar surface area (TPSA) is 65.1 Å². The van der Waals surface area contributed by atoms with E-state index in [0.717, 1.165) is 32.4 Å². The average Bonchev–Trinajstić information content (AvgIpc) is 3.17. The van der Waals surface area contributed by atoms with E-state index in [0.29, 0.717) is 30.4 Å². The van der Waals surface area contributed by atoms with Crippen molar-refractivity contribution in [1.82, 2.24) is 9.80 Å². The van der Waals surface area contributed by atoms with E-state index in [2.05, 4.69) is 29.2 Å². The van der Waals surface area contributed by atoms with Crippen LogP contribution in [-0.2, 0) is 9.53 Å². The molecule has 0 aromatic heterocycles. The van der Waals surface area contributed by atoms with Gasteiger partial charge in [-0.25, -0.2) is 9.18 Å². The fourth-order valence-electron chi connectivity index (χ4n) is 4.06. The molecule has 2 heterocycles. The van der Waals surface area contributed by atoms with Crippen LogP contribution < -0.4 is 10.2 Å². The Labute approximate surface area is 165 Å². The summed E-state index contributed by atoms with van der Waals surface area (Å²) in [5.41, 5.74) is 0.957. The third-order valence-electron chi connectivity index (χ3n) is 5.72. The Hall–Kier alpha value is -2.35. The van der Waals surface area contributed by atoms with Gasteiger partial charge in [0.1, 0.15) is 11.9 Å². The Kier molecular flexibility index (Phi) is 6.39. The number of hydrogen-bond donors (Lipinski definition) is 1. The van der Waals surface area contributed by atoms with Gasteiger partial charge in [-0.2, -0.15) is 0 Å². The molecular formula is C20H29FN4O3. The number of anilines is 2. The first kappa shape index (κ1) is 20.4. The van der Waals surface area contributed by atoms with Gasteiger partial charge in [-0.3, -0.25) is 9.69 Å². The lowest BCUT2D eigenvalue weighted by Gasteiger charge is -2.36. The Morgan fingerprint density at radius 1 is 1.18 bits per heavy atom. The van der Waals surface area contributed by atoms with Crippen LogP contribution in [0, 0.1) is 5.82 Å². The zero-order valence-corrected chi connectivity index (χ0v) is 16.8. The van der Waals surface area contributed by atoms with Crippen molar-refractivity contribution in [2.24, 2.45) is 0 Å². The maximum Gasteiger partial charge on any atom is 0.410 e. The number of nitrogens with one attached hydrogen (secondary N) is 1. The first-order valence-corrected chi connectivity index (χ1v) is 9.77. The van der Waals surface area contributed by atoms with E-state index in [-0.39, 0.29) is 11.7 Å². The van der Waals surface area contributed by atoms with Gasteiger partial charge in [-0.15, -0.1) is 0 Å². The minimum Gasteiger partial charge on any atom is -0.453 e. The highest BCUT2D eigenvalue weighted by Crippen LogP contribution is 2.27. The molecule has 2 aliphatic rings. The van der Waals surface area contributed by atoms with Gasteiger partial charge in [0.15, 0.2) is 0 Å². The van der Waals surface area contributed by atoms with Crippen molar-refractivity contribution in [3.05, 3.63) is 24.0 Å². The summed E-state index contributed by atoms with van der Waals surface area (Å²) in [6.07, 6.45) is 2.79. The molecule has 2 saturated heterocycles. The van der Waals surface area contributed by atoms with E-state index in [1.807, 2.05) is 0 Å². The predicted octanol–water partition coefficient (Wildman–Crippen LogP) is 2.53. The second kappa shape index (κ2) is 8.77. The molecule has 2 amide bonds. The summed E-state index contributed by atoms with van der Waals surface area (Å²) in [5.74, 6) is -0.667. The van der Waals surface area contributed by atoms with E-state index in [1.165, 1.54) is 18.1 Å². The highest BCUT2D eigenvalue weighted by atomic mass is 19.1. The van der Waals surface area contributed by atoms with Crippen molar-refractivity contribution < 1.29 is 18.7 Å². The van der Waals surface area contributed by atoms with Gasteiger partial charge >= 0.3 is 6.09 Å². The van der Waals surface area contributed by atoms with Crippen LogP contribution in [0.4, 0.5) is 20.6 Å². The smallest absolute Gasteiger partial charge is 0.410 e. The summed E-state index contributed by atoms with van der Waals surface area (Å²) >= 11 is 0. The molecule has 0 bridgehead atoms. The number of benzene rings is 1. The number of nitrogens with zero attached hydrogens (tertiary/aromatic N) is 3. The largest absolute Gasteiger partial charge is 0.453 e.